The van der Waals surface area contributed by atoms with Crippen LogP contribution >= 0.6 is 0 Å². The second-order valence-electron chi connectivity index (χ2n) is 24.1. The van der Waals surface area contributed by atoms with Crippen molar-refractivity contribution in [1.29, 1.82) is 0 Å². The molecule has 39 atom stereocenters. The Labute approximate surface area is 550 Å². The first-order chi connectivity index (χ1) is 46.0. The van der Waals surface area contributed by atoms with Gasteiger partial charge in [0, 0.05) is 13.8 Å². The van der Waals surface area contributed by atoms with Crippen molar-refractivity contribution in [2.45, 2.75) is 252 Å². The van der Waals surface area contributed by atoms with Gasteiger partial charge in [-0.2, -0.15) is 0 Å². The molecule has 7 fully saturated rings. The number of rotatable bonds is 27. The molecule has 2 amide bonds. The summed E-state index contributed by atoms with van der Waals surface area (Å²) in [5.74, 6) is -14.4. The molecular weight excluding hydrogens is 1360 g/mol. The van der Waals surface area contributed by atoms with Crippen LogP contribution in [0.1, 0.15) is 13.8 Å². The quantitative estimate of drug-likeness (QED) is 0.0363. The van der Waals surface area contributed by atoms with Crippen LogP contribution in [0.3, 0.4) is 0 Å². The van der Waals surface area contributed by atoms with Gasteiger partial charge < -0.3 is 210 Å². The highest BCUT2D eigenvalue weighted by molar-refractivity contribution is 5.78. The molecule has 7 aliphatic rings. The third-order valence-electron chi connectivity index (χ3n) is 17.5. The van der Waals surface area contributed by atoms with E-state index in [1.165, 1.54) is 0 Å². The molecule has 29 N–H and O–H groups in total. The number of carbonyl (C=O) groups excluding carboxylic acids is 2. The molecule has 0 aliphatic carbocycles. The number of amides is 2. The molecule has 98 heavy (non-hydrogen) atoms. The van der Waals surface area contributed by atoms with Gasteiger partial charge in [0.1, 0.15) is 171 Å². The van der Waals surface area contributed by atoms with Crippen molar-refractivity contribution in [2.75, 3.05) is 46.2 Å². The molecule has 0 spiro atoms. The van der Waals surface area contributed by atoms with Crippen LogP contribution < -0.4 is 10.6 Å². The van der Waals surface area contributed by atoms with E-state index in [1.807, 2.05) is 0 Å². The first-order valence-corrected chi connectivity index (χ1v) is 30.1. The summed E-state index contributed by atoms with van der Waals surface area (Å²) in [5, 5.41) is 297. The highest BCUT2D eigenvalue weighted by atomic mass is 16.8. The van der Waals surface area contributed by atoms with E-state index in [0.717, 1.165) is 13.8 Å². The molecule has 568 valence electrons. The van der Waals surface area contributed by atoms with E-state index in [2.05, 4.69) is 10.6 Å². The van der Waals surface area contributed by atoms with E-state index < -0.39 is 308 Å². The van der Waals surface area contributed by atoms with Gasteiger partial charge >= 0.3 is 11.9 Å². The Morgan fingerprint density at radius 2 is 0.633 bits per heavy atom. The molecule has 46 nitrogen and oxygen atoms in total. The summed E-state index contributed by atoms with van der Waals surface area (Å²) in [6.45, 7) is -6.62. The van der Waals surface area contributed by atoms with E-state index in [4.69, 9.17) is 61.6 Å². The Morgan fingerprint density at radius 1 is 0.367 bits per heavy atom. The van der Waals surface area contributed by atoms with Gasteiger partial charge in [0.15, 0.2) is 43.7 Å². The Hall–Kier alpha value is -3.64. The van der Waals surface area contributed by atoms with Crippen LogP contribution in [-0.4, -0.2) is 446 Å². The maximum atomic E-state index is 12.6. The Bertz CT molecular complexity index is 2590. The molecule has 0 aromatic carbocycles. The molecule has 0 radical (unpaired) electrons. The zero-order valence-electron chi connectivity index (χ0n) is 51.3. The van der Waals surface area contributed by atoms with Crippen molar-refractivity contribution in [3.05, 3.63) is 0 Å². The number of carboxylic acid groups (broad SMARTS) is 2. The van der Waals surface area contributed by atoms with Gasteiger partial charge in [0.05, 0.1) is 58.3 Å². The van der Waals surface area contributed by atoms with Crippen LogP contribution in [0.4, 0.5) is 0 Å². The summed E-state index contributed by atoms with van der Waals surface area (Å²) < 4.78 is 72.0. The monoisotopic (exact) mass is 1440 g/mol. The van der Waals surface area contributed by atoms with Crippen molar-refractivity contribution >= 4 is 23.8 Å². The van der Waals surface area contributed by atoms with Crippen LogP contribution in [0.15, 0.2) is 0 Å². The van der Waals surface area contributed by atoms with Crippen LogP contribution in [0.5, 0.6) is 0 Å². The number of ether oxygens (including phenoxy) is 13. The minimum Gasteiger partial charge on any atom is -0.477 e. The fraction of sp³-hybridized carbons (Fsp3) is 0.923. The van der Waals surface area contributed by atoms with E-state index in [9.17, 15) is 157 Å². The average Bonchev–Trinajstić information content (AvgIpc) is 0.753. The fourth-order valence-electron chi connectivity index (χ4n) is 12.2. The van der Waals surface area contributed by atoms with Crippen LogP contribution in [0, 0.1) is 0 Å². The Balaban J connectivity index is 1.01. The topological polar surface area (TPSA) is 759 Å². The van der Waals surface area contributed by atoms with Crippen molar-refractivity contribution in [1.82, 2.24) is 10.6 Å². The van der Waals surface area contributed by atoms with Crippen LogP contribution in [-0.2, 0) is 80.8 Å². The molecule has 0 aromatic heterocycles. The molecule has 7 rings (SSSR count). The lowest BCUT2D eigenvalue weighted by Gasteiger charge is -2.51. The number of carbonyl (C=O) groups is 4. The lowest BCUT2D eigenvalue weighted by atomic mass is 9.86. The highest BCUT2D eigenvalue weighted by Crippen LogP contribution is 2.41. The SMILES string of the molecule is CC(=O)N[C@@H]1[C@@H](O)[C@@H](O[C@H]2[C@@H](O)[C@@H](CO)O[C@@H](O[C@@H]3[C@H](O)[C@@H](O)[C@H](O[C@H]4O[C@H](CO)[C@@H](O[C@@H]5O[C@H](CO)[C@H](O[C@@H]6O[C@H](CO)[C@H](O)[C@H](O[C@@H]7[C@H](O)[C@@H](NC(C)=O)[C@H]([C@H](O)[C@H](O)CO)O[C@]7(O)C(=O)O)[C@H]6O)[C@H](O)[C@H]5O)[C@H](O)[C@H]4O)O[C@@H]3CO)[C@@H]2O)[C@@](O)(C(=O)O)O[C@H]1[C@H](O)[C@H](O)CO. The van der Waals surface area contributed by atoms with Gasteiger partial charge in [-0.3, -0.25) is 9.59 Å². The van der Waals surface area contributed by atoms with Gasteiger partial charge in [-0.1, -0.05) is 0 Å². The van der Waals surface area contributed by atoms with Gasteiger partial charge in [0.2, 0.25) is 11.8 Å². The number of carboxylic acids is 2. The third-order valence-corrected chi connectivity index (χ3v) is 17.5. The van der Waals surface area contributed by atoms with Crippen molar-refractivity contribution in [2.24, 2.45) is 0 Å². The second-order valence-corrected chi connectivity index (χ2v) is 24.1. The van der Waals surface area contributed by atoms with E-state index in [-0.39, 0.29) is 0 Å². The molecule has 7 heterocycles. The summed E-state index contributed by atoms with van der Waals surface area (Å²) in [6, 6.07) is -4.02. The Morgan fingerprint density at radius 3 is 0.888 bits per heavy atom. The lowest BCUT2D eigenvalue weighted by molar-refractivity contribution is -0.407. The minimum absolute atomic E-state index is 0.878. The zero-order valence-corrected chi connectivity index (χ0v) is 51.3. The predicted octanol–water partition coefficient (Wildman–Crippen LogP) is -19.6. The summed E-state index contributed by atoms with van der Waals surface area (Å²) >= 11 is 0. The molecule has 0 saturated carbocycles. The summed E-state index contributed by atoms with van der Waals surface area (Å²) in [7, 11) is 0. The van der Waals surface area contributed by atoms with Gasteiger partial charge in [0.25, 0.3) is 11.6 Å². The zero-order chi connectivity index (χ0) is 73.2. The van der Waals surface area contributed by atoms with Crippen LogP contribution in [0.2, 0.25) is 0 Å². The normalized spacial score (nSPS) is 47.6. The summed E-state index contributed by atoms with van der Waals surface area (Å²) in [5.41, 5.74) is 0. The largest absolute Gasteiger partial charge is 0.477 e. The number of aliphatic carboxylic acids is 2. The second kappa shape index (κ2) is 33.9. The smallest absolute Gasteiger partial charge is 0.367 e. The maximum absolute atomic E-state index is 12.6. The van der Waals surface area contributed by atoms with E-state index in [0.29, 0.717) is 0 Å². The average molecular weight is 1440 g/mol. The van der Waals surface area contributed by atoms with E-state index in [1.54, 1.807) is 0 Å². The van der Waals surface area contributed by atoms with E-state index >= 15 is 0 Å². The first kappa shape index (κ1) is 81.7. The third kappa shape index (κ3) is 16.5. The Kier molecular flexibility index (Phi) is 28.2. The van der Waals surface area contributed by atoms with Crippen LogP contribution in [0.25, 0.3) is 0 Å². The molecule has 46 heteroatoms. The van der Waals surface area contributed by atoms with Gasteiger partial charge in [-0.25, -0.2) is 9.59 Å². The van der Waals surface area contributed by atoms with Crippen molar-refractivity contribution in [3.8, 4) is 0 Å². The molecule has 7 saturated heterocycles. The number of nitrogens with one attached hydrogen (secondary N) is 2. The molecule has 0 aromatic rings. The van der Waals surface area contributed by atoms with Crippen molar-refractivity contribution in [3.63, 3.8) is 0 Å². The first-order valence-electron chi connectivity index (χ1n) is 30.1. The fourth-order valence-corrected chi connectivity index (χ4v) is 12.2. The lowest BCUT2D eigenvalue weighted by Crippen LogP contribution is -2.75. The molecule has 0 bridgehead atoms. The molecular formula is C52H86N2O44. The number of hydrogen-bond acceptors (Lipinski definition) is 42. The summed E-state index contributed by atoms with van der Waals surface area (Å²) in [4.78, 5) is 49.6. The standard InChI is InChI=1S/C52H86N2O44/c1-10(62)53-19-25(70)42(51(84,49(80)81)97-38(19)21(66)12(64)3-55)91-40-23(68)14(5-57)86-47(33(40)78)94-36-16(7-59)88-44(30(75)27(36)72)93-35-17(8-60)89-45(31(76)28(35)73)96-46-32(77)29(74)37(18(9-61)90-46)95-48-34(79)41(24(69)15(6-58)87-48)92-43-26(71)20(54-11(2)63)39(22(67)13(65)4-56)98-52(43,85)50(82)83/h12-48,55-61,64-79,84-85H,3-9H2,1-2H3,(H,53,62)(H,54,63)(H,80,81)(H,82,83)/t12-,13-,14-,15-,16-,17-,18-,19-,20-,21-,22-,23+,24+,25-,26-,27-,28-,29-,30-,31-,32-,33-,34-,35-,36+,37+,38-,39-,40+,41+,42-,43-,44+,45-,46+,47+,48+,51+,52+/m1/s1. The minimum atomic E-state index is -3.82. The predicted molar refractivity (Wildman–Crippen MR) is 292 cm³/mol. The number of aliphatic hydroxyl groups excluding tert-OH is 23. The maximum Gasteiger partial charge on any atom is 0.367 e. The van der Waals surface area contributed by atoms with Gasteiger partial charge in [-0.05, 0) is 0 Å². The van der Waals surface area contributed by atoms with Gasteiger partial charge in [-0.15, -0.1) is 0 Å². The number of aliphatic hydroxyl groups is 25. The molecule has 0 unspecified atom stereocenters. The number of hydrogen-bond donors (Lipinski definition) is 29. The van der Waals surface area contributed by atoms with Crippen molar-refractivity contribution < 1.29 is 219 Å². The summed E-state index contributed by atoms with van der Waals surface area (Å²) in [6.07, 6.45) is -79.6. The molecule has 7 aliphatic heterocycles. The highest BCUT2D eigenvalue weighted by Gasteiger charge is 2.66.